The highest BCUT2D eigenvalue weighted by atomic mass is 16.5. The lowest BCUT2D eigenvalue weighted by molar-refractivity contribution is 0.368. The molecule has 2 N–H and O–H groups in total. The fourth-order valence-corrected chi connectivity index (χ4v) is 3.71. The van der Waals surface area contributed by atoms with E-state index in [1.165, 1.54) is 0 Å². The lowest BCUT2D eigenvalue weighted by Crippen LogP contribution is -2.47. The number of methoxy groups -OCH3 is 3. The number of hydrogen-bond donors (Lipinski definition) is 2. The summed E-state index contributed by atoms with van der Waals surface area (Å²) < 4.78 is 18.4. The average Bonchev–Trinajstić information content (AvgIpc) is 3.22. The maximum absolute atomic E-state index is 5.54. The standard InChI is InChI=1S/C22H34N6O3/c1-14(2)21-26-20-8-7-15(13-28(20)27-21)25-22(23-3)24-10-9-17-18(30-5)11-16(29-4)12-19(17)31-6/h11-12,14-15H,7-10,13H2,1-6H3,(H2,23,24,25). The molecule has 1 aliphatic heterocycles. The molecule has 0 amide bonds. The number of aliphatic imine (C=N–C) groups is 1. The molecule has 31 heavy (non-hydrogen) atoms. The minimum Gasteiger partial charge on any atom is -0.496 e. The van der Waals surface area contributed by atoms with E-state index in [0.717, 1.165) is 54.1 Å². The molecule has 0 saturated carbocycles. The van der Waals surface area contributed by atoms with Crippen molar-refractivity contribution in [3.05, 3.63) is 29.3 Å². The molecule has 9 heteroatoms. The number of aryl methyl sites for hydroxylation is 1. The third-order valence-electron chi connectivity index (χ3n) is 5.44. The summed E-state index contributed by atoms with van der Waals surface area (Å²) in [6, 6.07) is 3.99. The zero-order valence-electron chi connectivity index (χ0n) is 19.4. The molecule has 0 spiro atoms. The van der Waals surface area contributed by atoms with Crippen molar-refractivity contribution < 1.29 is 14.2 Å². The van der Waals surface area contributed by atoms with Gasteiger partial charge in [0.15, 0.2) is 11.8 Å². The van der Waals surface area contributed by atoms with E-state index in [1.54, 1.807) is 28.4 Å². The molecule has 2 heterocycles. The van der Waals surface area contributed by atoms with E-state index in [2.05, 4.69) is 39.6 Å². The fraction of sp³-hybridized carbons (Fsp3) is 0.591. The Labute approximate surface area is 184 Å². The van der Waals surface area contributed by atoms with Crippen LogP contribution in [-0.4, -0.2) is 61.7 Å². The number of nitrogens with zero attached hydrogens (tertiary/aromatic N) is 4. The molecule has 1 aromatic carbocycles. The first kappa shape index (κ1) is 22.7. The zero-order valence-corrected chi connectivity index (χ0v) is 19.4. The smallest absolute Gasteiger partial charge is 0.191 e. The third-order valence-corrected chi connectivity index (χ3v) is 5.44. The first-order chi connectivity index (χ1) is 15.0. The predicted octanol–water partition coefficient (Wildman–Crippen LogP) is 2.15. The Morgan fingerprint density at radius 2 is 1.90 bits per heavy atom. The number of guanidine groups is 1. The van der Waals surface area contributed by atoms with Gasteiger partial charge in [-0.05, 0) is 12.8 Å². The van der Waals surface area contributed by atoms with Crippen molar-refractivity contribution in [2.24, 2.45) is 4.99 Å². The number of ether oxygens (including phenoxy) is 3. The highest BCUT2D eigenvalue weighted by Gasteiger charge is 2.23. The van der Waals surface area contributed by atoms with Gasteiger partial charge in [0.05, 0.1) is 27.9 Å². The van der Waals surface area contributed by atoms with Crippen molar-refractivity contribution >= 4 is 5.96 Å². The van der Waals surface area contributed by atoms with Gasteiger partial charge in [0.1, 0.15) is 23.1 Å². The first-order valence-corrected chi connectivity index (χ1v) is 10.7. The van der Waals surface area contributed by atoms with E-state index in [0.29, 0.717) is 24.6 Å². The summed E-state index contributed by atoms with van der Waals surface area (Å²) in [6.45, 7) is 5.71. The summed E-state index contributed by atoms with van der Waals surface area (Å²) in [5.74, 6) is 5.29. The van der Waals surface area contributed by atoms with Crippen LogP contribution in [0.5, 0.6) is 17.2 Å². The second-order valence-corrected chi connectivity index (χ2v) is 7.86. The van der Waals surface area contributed by atoms with Crippen LogP contribution in [0, 0.1) is 0 Å². The Morgan fingerprint density at radius 3 is 2.48 bits per heavy atom. The van der Waals surface area contributed by atoms with Gasteiger partial charge < -0.3 is 24.8 Å². The van der Waals surface area contributed by atoms with Crippen molar-refractivity contribution in [1.82, 2.24) is 25.4 Å². The van der Waals surface area contributed by atoms with Crippen LogP contribution in [0.3, 0.4) is 0 Å². The van der Waals surface area contributed by atoms with Crippen LogP contribution in [0.15, 0.2) is 17.1 Å². The monoisotopic (exact) mass is 430 g/mol. The summed E-state index contributed by atoms with van der Waals surface area (Å²) in [5.41, 5.74) is 0.986. The normalized spacial score (nSPS) is 16.1. The van der Waals surface area contributed by atoms with Crippen molar-refractivity contribution in [1.29, 1.82) is 0 Å². The summed E-state index contributed by atoms with van der Waals surface area (Å²) in [6.07, 6.45) is 2.62. The van der Waals surface area contributed by atoms with Gasteiger partial charge in [-0.2, -0.15) is 5.10 Å². The lowest BCUT2D eigenvalue weighted by atomic mass is 10.1. The fourth-order valence-electron chi connectivity index (χ4n) is 3.71. The minimum atomic E-state index is 0.255. The molecule has 170 valence electrons. The molecule has 1 atom stereocenters. The Bertz CT molecular complexity index is 884. The first-order valence-electron chi connectivity index (χ1n) is 10.7. The van der Waals surface area contributed by atoms with Crippen LogP contribution in [0.4, 0.5) is 0 Å². The van der Waals surface area contributed by atoms with Gasteiger partial charge in [0.25, 0.3) is 0 Å². The second kappa shape index (κ2) is 10.4. The van der Waals surface area contributed by atoms with Crippen LogP contribution < -0.4 is 24.8 Å². The van der Waals surface area contributed by atoms with E-state index in [1.807, 2.05) is 16.8 Å². The number of nitrogens with one attached hydrogen (secondary N) is 2. The van der Waals surface area contributed by atoms with Crippen LogP contribution in [0.2, 0.25) is 0 Å². The predicted molar refractivity (Wildman–Crippen MR) is 121 cm³/mol. The number of benzene rings is 1. The Balaban J connectivity index is 1.58. The SMILES string of the molecule is CN=C(NCCc1c(OC)cc(OC)cc1OC)NC1CCc2nc(C(C)C)nn2C1. The second-order valence-electron chi connectivity index (χ2n) is 7.86. The number of fused-ring (bicyclic) bond motifs is 1. The van der Waals surface area contributed by atoms with Gasteiger partial charge in [-0.3, -0.25) is 4.99 Å². The molecule has 1 unspecified atom stereocenters. The van der Waals surface area contributed by atoms with Crippen molar-refractivity contribution in [3.63, 3.8) is 0 Å². The Hall–Kier alpha value is -2.97. The zero-order chi connectivity index (χ0) is 22.4. The molecule has 2 aromatic rings. The van der Waals surface area contributed by atoms with Crippen molar-refractivity contribution in [3.8, 4) is 17.2 Å². The molecule has 0 saturated heterocycles. The molecule has 1 aliphatic rings. The summed E-state index contributed by atoms with van der Waals surface area (Å²) >= 11 is 0. The Kier molecular flexibility index (Phi) is 7.59. The maximum atomic E-state index is 5.54. The van der Waals surface area contributed by atoms with Gasteiger partial charge in [-0.1, -0.05) is 13.8 Å². The maximum Gasteiger partial charge on any atom is 0.191 e. The van der Waals surface area contributed by atoms with Gasteiger partial charge in [0.2, 0.25) is 0 Å². The van der Waals surface area contributed by atoms with E-state index >= 15 is 0 Å². The minimum absolute atomic E-state index is 0.255. The highest BCUT2D eigenvalue weighted by Crippen LogP contribution is 2.34. The summed E-state index contributed by atoms with van der Waals surface area (Å²) in [4.78, 5) is 9.04. The lowest BCUT2D eigenvalue weighted by Gasteiger charge is -2.25. The molecule has 9 nitrogen and oxygen atoms in total. The summed E-state index contributed by atoms with van der Waals surface area (Å²) in [5, 5.41) is 11.6. The number of hydrogen-bond acceptors (Lipinski definition) is 6. The molecule has 1 aromatic heterocycles. The molecule has 0 radical (unpaired) electrons. The van der Waals surface area contributed by atoms with Gasteiger partial charge in [0, 0.05) is 49.7 Å². The summed E-state index contributed by atoms with van der Waals surface area (Å²) in [7, 11) is 6.71. The van der Waals surface area contributed by atoms with Gasteiger partial charge in [-0.15, -0.1) is 0 Å². The molecule has 0 aliphatic carbocycles. The number of rotatable bonds is 8. The van der Waals surface area contributed by atoms with Gasteiger partial charge >= 0.3 is 0 Å². The molecular weight excluding hydrogens is 396 g/mol. The van der Waals surface area contributed by atoms with Gasteiger partial charge in [-0.25, -0.2) is 9.67 Å². The molecule has 0 bridgehead atoms. The largest absolute Gasteiger partial charge is 0.496 e. The van der Waals surface area contributed by atoms with Crippen LogP contribution in [0.1, 0.15) is 43.4 Å². The highest BCUT2D eigenvalue weighted by molar-refractivity contribution is 5.80. The molecular formula is C22H34N6O3. The number of aromatic nitrogens is 3. The Morgan fingerprint density at radius 1 is 1.19 bits per heavy atom. The molecule has 0 fully saturated rings. The van der Waals surface area contributed by atoms with E-state index < -0.39 is 0 Å². The average molecular weight is 431 g/mol. The van der Waals surface area contributed by atoms with E-state index in [4.69, 9.17) is 14.2 Å². The molecule has 3 rings (SSSR count). The van der Waals surface area contributed by atoms with Crippen LogP contribution in [-0.2, 0) is 19.4 Å². The van der Waals surface area contributed by atoms with Crippen LogP contribution in [0.25, 0.3) is 0 Å². The third kappa shape index (κ3) is 5.39. The topological polar surface area (TPSA) is 94.8 Å². The van der Waals surface area contributed by atoms with Crippen molar-refractivity contribution in [2.45, 2.75) is 51.6 Å². The quantitative estimate of drug-likeness (QED) is 0.489. The van der Waals surface area contributed by atoms with E-state index in [-0.39, 0.29) is 6.04 Å². The van der Waals surface area contributed by atoms with Crippen LogP contribution >= 0.6 is 0 Å². The van der Waals surface area contributed by atoms with Crippen molar-refractivity contribution in [2.75, 3.05) is 34.9 Å². The van der Waals surface area contributed by atoms with E-state index in [9.17, 15) is 0 Å².